The SMILES string of the molecule is C[C@]1(OC(=O)c2cccnc2)[C@](C)(OCOc2cccnc2)[C@@](O)(COCOc2cccnc2)O[C@]1(C)COC(=O)c1cccnc1. The number of aliphatic hydroxyl groups is 1. The Morgan fingerprint density at radius 3 is 1.77 bits per heavy atom. The molecule has 1 aliphatic heterocycles. The van der Waals surface area contributed by atoms with Crippen LogP contribution < -0.4 is 9.47 Å². The molecule has 0 radical (unpaired) electrons. The lowest BCUT2D eigenvalue weighted by molar-refractivity contribution is -0.317. The third-order valence-electron chi connectivity index (χ3n) is 8.08. The van der Waals surface area contributed by atoms with Crippen LogP contribution in [0.15, 0.2) is 98.1 Å². The van der Waals surface area contributed by atoms with Crippen LogP contribution in [0.3, 0.4) is 0 Å². The van der Waals surface area contributed by atoms with Gasteiger partial charge in [0.05, 0.1) is 23.5 Å². The highest BCUT2D eigenvalue weighted by atomic mass is 16.8. The predicted molar refractivity (Wildman–Crippen MR) is 162 cm³/mol. The molecule has 14 heteroatoms. The first-order chi connectivity index (χ1) is 22.6. The number of ether oxygens (including phenoxy) is 7. The number of pyridine rings is 4. The van der Waals surface area contributed by atoms with Gasteiger partial charge in [-0.25, -0.2) is 9.59 Å². The van der Waals surface area contributed by atoms with Crippen LogP contribution in [0.2, 0.25) is 0 Å². The van der Waals surface area contributed by atoms with Crippen molar-refractivity contribution in [2.75, 3.05) is 26.8 Å². The van der Waals surface area contributed by atoms with E-state index < -0.39 is 54.5 Å². The maximum absolute atomic E-state index is 13.6. The van der Waals surface area contributed by atoms with Crippen LogP contribution in [-0.4, -0.2) is 86.4 Å². The Morgan fingerprint density at radius 2 is 1.23 bits per heavy atom. The lowest BCUT2D eigenvalue weighted by atomic mass is 9.73. The molecule has 1 fully saturated rings. The summed E-state index contributed by atoms with van der Waals surface area (Å²) in [7, 11) is 0. The Hall–Kier alpha value is -5.02. The van der Waals surface area contributed by atoms with Gasteiger partial charge in [-0.2, -0.15) is 0 Å². The number of rotatable bonds is 14. The molecule has 0 unspecified atom stereocenters. The van der Waals surface area contributed by atoms with Crippen LogP contribution in [0.1, 0.15) is 41.5 Å². The summed E-state index contributed by atoms with van der Waals surface area (Å²) in [5.41, 5.74) is -5.27. The zero-order chi connectivity index (χ0) is 33.4. The third-order valence-corrected chi connectivity index (χ3v) is 8.08. The lowest BCUT2D eigenvalue weighted by Crippen LogP contribution is -2.67. The summed E-state index contributed by atoms with van der Waals surface area (Å²) in [4.78, 5) is 42.6. The molecule has 4 aromatic rings. The number of hydrogen-bond donors (Lipinski definition) is 1. The van der Waals surface area contributed by atoms with Crippen LogP contribution >= 0.6 is 0 Å². The zero-order valence-electron chi connectivity index (χ0n) is 26.0. The number of nitrogens with zero attached hydrogens (tertiary/aromatic N) is 4. The van der Waals surface area contributed by atoms with Crippen molar-refractivity contribution in [2.24, 2.45) is 0 Å². The van der Waals surface area contributed by atoms with Gasteiger partial charge in [-0.05, 0) is 69.3 Å². The summed E-state index contributed by atoms with van der Waals surface area (Å²) < 4.78 is 41.5. The molecule has 0 bridgehead atoms. The second kappa shape index (κ2) is 14.2. The average Bonchev–Trinajstić information content (AvgIpc) is 3.22. The Labute approximate surface area is 270 Å². The van der Waals surface area contributed by atoms with Gasteiger partial charge < -0.3 is 38.3 Å². The van der Waals surface area contributed by atoms with Crippen molar-refractivity contribution in [3.8, 4) is 11.5 Å². The van der Waals surface area contributed by atoms with Crippen LogP contribution in [-0.2, 0) is 23.7 Å². The van der Waals surface area contributed by atoms with Gasteiger partial charge in [0.15, 0.2) is 24.8 Å². The molecule has 14 nitrogen and oxygen atoms in total. The summed E-state index contributed by atoms with van der Waals surface area (Å²) in [5.74, 6) is -3.06. The molecule has 0 aliphatic carbocycles. The molecule has 5 rings (SSSR count). The first-order valence-corrected chi connectivity index (χ1v) is 14.5. The molecule has 47 heavy (non-hydrogen) atoms. The van der Waals surface area contributed by atoms with Crippen molar-refractivity contribution < 1.29 is 47.9 Å². The largest absolute Gasteiger partial charge is 0.466 e. The average molecular weight is 647 g/mol. The van der Waals surface area contributed by atoms with E-state index in [0.29, 0.717) is 11.5 Å². The highest BCUT2D eigenvalue weighted by Gasteiger charge is 2.78. The quantitative estimate of drug-likeness (QED) is 0.120. The summed E-state index contributed by atoms with van der Waals surface area (Å²) in [5, 5.41) is 12.3. The first-order valence-electron chi connectivity index (χ1n) is 14.5. The summed E-state index contributed by atoms with van der Waals surface area (Å²) >= 11 is 0. The molecule has 1 saturated heterocycles. The van der Waals surface area contributed by atoms with E-state index in [2.05, 4.69) is 19.9 Å². The molecule has 4 aromatic heterocycles. The first kappa shape index (κ1) is 33.3. The van der Waals surface area contributed by atoms with Crippen molar-refractivity contribution in [3.63, 3.8) is 0 Å². The summed E-state index contributed by atoms with van der Waals surface area (Å²) in [6, 6.07) is 12.9. The smallest absolute Gasteiger partial charge is 0.340 e. The summed E-state index contributed by atoms with van der Waals surface area (Å²) in [6.45, 7) is 2.73. The van der Waals surface area contributed by atoms with Crippen LogP contribution in [0, 0.1) is 0 Å². The molecule has 5 heterocycles. The molecule has 1 aliphatic rings. The second-order valence-electron chi connectivity index (χ2n) is 11.0. The molecular weight excluding hydrogens is 612 g/mol. The van der Waals surface area contributed by atoms with E-state index in [1.54, 1.807) is 48.8 Å². The van der Waals surface area contributed by atoms with E-state index in [1.807, 2.05) is 0 Å². The molecular formula is C33H34N4O10. The topological polar surface area (TPSA) is 171 Å². The Balaban J connectivity index is 1.47. The van der Waals surface area contributed by atoms with E-state index in [1.165, 1.54) is 70.1 Å². The minimum Gasteiger partial charge on any atom is -0.466 e. The van der Waals surface area contributed by atoms with E-state index in [-0.39, 0.29) is 17.9 Å². The molecule has 0 amide bonds. The van der Waals surface area contributed by atoms with Gasteiger partial charge in [-0.1, -0.05) is 0 Å². The highest BCUT2D eigenvalue weighted by Crippen LogP contribution is 2.56. The van der Waals surface area contributed by atoms with E-state index in [0.717, 1.165) is 0 Å². The molecule has 0 spiro atoms. The van der Waals surface area contributed by atoms with Gasteiger partial charge in [0, 0.05) is 37.2 Å². The normalized spacial score (nSPS) is 25.1. The van der Waals surface area contributed by atoms with E-state index in [4.69, 9.17) is 33.2 Å². The van der Waals surface area contributed by atoms with Crippen molar-refractivity contribution in [2.45, 2.75) is 43.4 Å². The number of carbonyl (C=O) groups is 2. The summed E-state index contributed by atoms with van der Waals surface area (Å²) in [6.07, 6.45) is 11.8. The van der Waals surface area contributed by atoms with Crippen molar-refractivity contribution in [1.82, 2.24) is 19.9 Å². The van der Waals surface area contributed by atoms with Crippen molar-refractivity contribution in [1.29, 1.82) is 0 Å². The van der Waals surface area contributed by atoms with E-state index in [9.17, 15) is 14.7 Å². The Morgan fingerprint density at radius 1 is 0.702 bits per heavy atom. The minimum atomic E-state index is -2.34. The maximum atomic E-state index is 13.6. The molecule has 0 aromatic carbocycles. The Bertz CT molecular complexity index is 1620. The second-order valence-corrected chi connectivity index (χ2v) is 11.0. The number of hydrogen-bond acceptors (Lipinski definition) is 14. The fourth-order valence-electron chi connectivity index (χ4n) is 5.10. The van der Waals surface area contributed by atoms with Gasteiger partial charge >= 0.3 is 11.9 Å². The molecule has 246 valence electrons. The van der Waals surface area contributed by atoms with Crippen LogP contribution in [0.25, 0.3) is 0 Å². The molecule has 0 saturated carbocycles. The molecule has 4 atom stereocenters. The molecule has 1 N–H and O–H groups in total. The van der Waals surface area contributed by atoms with Crippen molar-refractivity contribution in [3.05, 3.63) is 109 Å². The van der Waals surface area contributed by atoms with Crippen molar-refractivity contribution >= 4 is 11.9 Å². The van der Waals surface area contributed by atoms with Crippen LogP contribution in [0.4, 0.5) is 0 Å². The van der Waals surface area contributed by atoms with Gasteiger partial charge in [-0.3, -0.25) is 19.9 Å². The predicted octanol–water partition coefficient (Wildman–Crippen LogP) is 3.38. The number of aromatic nitrogens is 4. The van der Waals surface area contributed by atoms with E-state index >= 15 is 0 Å². The van der Waals surface area contributed by atoms with Gasteiger partial charge in [0.25, 0.3) is 0 Å². The standard InChI is InChI=1S/C33H34N4O10/c1-30(20-42-28(38)24-8-4-12-34-16-24)31(2,46-29(39)25-9-5-13-35-17-25)32(3,45-23-44-27-11-7-15-37-19-27)33(40,47-30)21-41-22-43-26-10-6-14-36-18-26/h4-19,40H,20-23H2,1-3H3/t30-,31-,32+,33-/m1/s1. The fraction of sp³-hybridized carbons (Fsp3) is 0.333. The Kier molecular flexibility index (Phi) is 10.1. The zero-order valence-corrected chi connectivity index (χ0v) is 26.0. The third kappa shape index (κ3) is 7.05. The van der Waals surface area contributed by atoms with Gasteiger partial charge in [-0.15, -0.1) is 0 Å². The highest BCUT2D eigenvalue weighted by molar-refractivity contribution is 5.90. The van der Waals surface area contributed by atoms with Gasteiger partial charge in [0.2, 0.25) is 5.79 Å². The number of carbonyl (C=O) groups excluding carboxylic acids is 2. The fourth-order valence-corrected chi connectivity index (χ4v) is 5.10. The maximum Gasteiger partial charge on any atom is 0.340 e. The monoisotopic (exact) mass is 646 g/mol. The van der Waals surface area contributed by atoms with Gasteiger partial charge in [0.1, 0.15) is 30.3 Å². The van der Waals surface area contributed by atoms with Crippen LogP contribution in [0.5, 0.6) is 11.5 Å². The lowest BCUT2D eigenvalue weighted by Gasteiger charge is -2.46. The number of esters is 2. The minimum absolute atomic E-state index is 0.119.